The van der Waals surface area contributed by atoms with E-state index in [1.165, 1.54) is 10.9 Å². The molecule has 4 rings (SSSR count). The standard InChI is InChI=1S/C20H19N3O/c1-24-17-8-6-15(7-9-17)14-19(20-21-11-12-22-20)23-13-10-16-4-2-3-5-18(16)23/h2-10,13-14H,11-12H2,1H3,(H,21,22)/b19-14-. The quantitative estimate of drug-likeness (QED) is 0.798. The lowest BCUT2D eigenvalue weighted by atomic mass is 10.1. The molecule has 0 unspecified atom stereocenters. The maximum absolute atomic E-state index is 5.24. The van der Waals surface area contributed by atoms with Gasteiger partial charge in [-0.2, -0.15) is 0 Å². The molecule has 1 N–H and O–H groups in total. The van der Waals surface area contributed by atoms with Crippen molar-refractivity contribution in [2.75, 3.05) is 20.2 Å². The van der Waals surface area contributed by atoms with Crippen molar-refractivity contribution in [1.29, 1.82) is 0 Å². The Bertz CT molecular complexity index is 919. The molecule has 1 aromatic heterocycles. The summed E-state index contributed by atoms with van der Waals surface area (Å²) in [6.45, 7) is 1.70. The third-order valence-electron chi connectivity index (χ3n) is 4.19. The minimum Gasteiger partial charge on any atom is -0.497 e. The largest absolute Gasteiger partial charge is 0.497 e. The molecule has 24 heavy (non-hydrogen) atoms. The van der Waals surface area contributed by atoms with Crippen LogP contribution in [0.3, 0.4) is 0 Å². The van der Waals surface area contributed by atoms with Crippen molar-refractivity contribution in [3.63, 3.8) is 0 Å². The summed E-state index contributed by atoms with van der Waals surface area (Å²) in [5, 5.41) is 4.61. The summed E-state index contributed by atoms with van der Waals surface area (Å²) >= 11 is 0. The van der Waals surface area contributed by atoms with Crippen LogP contribution in [0.15, 0.2) is 65.8 Å². The van der Waals surface area contributed by atoms with Crippen LogP contribution in [-0.4, -0.2) is 30.6 Å². The number of rotatable bonds is 4. The number of hydrogen-bond donors (Lipinski definition) is 1. The van der Waals surface area contributed by atoms with Gasteiger partial charge in [0.25, 0.3) is 0 Å². The first-order valence-corrected chi connectivity index (χ1v) is 8.06. The second kappa shape index (κ2) is 6.24. The van der Waals surface area contributed by atoms with Crippen molar-refractivity contribution in [2.24, 2.45) is 4.99 Å². The molecule has 0 amide bonds. The number of methoxy groups -OCH3 is 1. The number of benzene rings is 2. The molecule has 4 nitrogen and oxygen atoms in total. The molecule has 120 valence electrons. The highest BCUT2D eigenvalue weighted by molar-refractivity contribution is 6.23. The molecule has 1 aliphatic heterocycles. The fourth-order valence-electron chi connectivity index (χ4n) is 2.97. The van der Waals surface area contributed by atoms with Crippen LogP contribution in [0.1, 0.15) is 5.56 Å². The number of para-hydroxylation sites is 1. The highest BCUT2D eigenvalue weighted by Crippen LogP contribution is 2.23. The van der Waals surface area contributed by atoms with E-state index in [1.54, 1.807) is 7.11 Å². The summed E-state index contributed by atoms with van der Waals surface area (Å²) in [5.41, 5.74) is 3.34. The van der Waals surface area contributed by atoms with Crippen molar-refractivity contribution < 1.29 is 4.74 Å². The molecule has 4 heteroatoms. The Morgan fingerprint density at radius 1 is 1.12 bits per heavy atom. The average molecular weight is 317 g/mol. The van der Waals surface area contributed by atoms with Crippen LogP contribution in [0.2, 0.25) is 0 Å². The Balaban J connectivity index is 1.83. The smallest absolute Gasteiger partial charge is 0.145 e. The summed E-state index contributed by atoms with van der Waals surface area (Å²) in [6, 6.07) is 18.6. The molecule has 0 aliphatic carbocycles. The van der Waals surface area contributed by atoms with Gasteiger partial charge in [-0.25, -0.2) is 0 Å². The Morgan fingerprint density at radius 3 is 2.71 bits per heavy atom. The van der Waals surface area contributed by atoms with Crippen LogP contribution in [-0.2, 0) is 0 Å². The lowest BCUT2D eigenvalue weighted by Gasteiger charge is -2.12. The van der Waals surface area contributed by atoms with Gasteiger partial charge in [0, 0.05) is 12.7 Å². The Labute approximate surface area is 141 Å². The zero-order chi connectivity index (χ0) is 16.4. The van der Waals surface area contributed by atoms with E-state index in [0.29, 0.717) is 0 Å². The van der Waals surface area contributed by atoms with Gasteiger partial charge in [-0.15, -0.1) is 0 Å². The number of aliphatic imine (C=N–C) groups is 1. The number of amidine groups is 1. The monoisotopic (exact) mass is 317 g/mol. The predicted molar refractivity (Wildman–Crippen MR) is 99.4 cm³/mol. The van der Waals surface area contributed by atoms with Crippen LogP contribution in [0.5, 0.6) is 5.75 Å². The van der Waals surface area contributed by atoms with Gasteiger partial charge in [0.05, 0.1) is 24.9 Å². The van der Waals surface area contributed by atoms with E-state index in [0.717, 1.165) is 35.9 Å². The van der Waals surface area contributed by atoms with Crippen molar-refractivity contribution in [1.82, 2.24) is 9.88 Å². The topological polar surface area (TPSA) is 38.5 Å². The van der Waals surface area contributed by atoms with Gasteiger partial charge in [0.2, 0.25) is 0 Å². The van der Waals surface area contributed by atoms with Crippen molar-refractivity contribution in [3.05, 3.63) is 66.4 Å². The summed E-state index contributed by atoms with van der Waals surface area (Å²) in [7, 11) is 1.68. The van der Waals surface area contributed by atoms with Gasteiger partial charge in [-0.1, -0.05) is 30.3 Å². The second-order valence-electron chi connectivity index (χ2n) is 5.70. The molecule has 3 aromatic rings. The Hall–Kier alpha value is -3.01. The zero-order valence-electron chi connectivity index (χ0n) is 13.6. The summed E-state index contributed by atoms with van der Waals surface area (Å²) in [5.74, 6) is 1.80. The van der Waals surface area contributed by atoms with Gasteiger partial charge in [0.1, 0.15) is 11.6 Å². The van der Waals surface area contributed by atoms with Crippen LogP contribution < -0.4 is 10.1 Å². The molecule has 0 radical (unpaired) electrons. The number of fused-ring (bicyclic) bond motifs is 1. The summed E-state index contributed by atoms with van der Waals surface area (Å²) in [4.78, 5) is 4.62. The summed E-state index contributed by atoms with van der Waals surface area (Å²) < 4.78 is 7.43. The van der Waals surface area contributed by atoms with Crippen LogP contribution >= 0.6 is 0 Å². The maximum Gasteiger partial charge on any atom is 0.145 e. The highest BCUT2D eigenvalue weighted by Gasteiger charge is 2.15. The van der Waals surface area contributed by atoms with E-state index >= 15 is 0 Å². The molecule has 0 atom stereocenters. The van der Waals surface area contributed by atoms with Crippen LogP contribution in [0.4, 0.5) is 0 Å². The first kappa shape index (κ1) is 14.6. The molecule has 2 aromatic carbocycles. The van der Waals surface area contributed by atoms with E-state index in [1.807, 2.05) is 12.1 Å². The van der Waals surface area contributed by atoms with Gasteiger partial charge >= 0.3 is 0 Å². The number of ether oxygens (including phenoxy) is 1. The van der Waals surface area contributed by atoms with Crippen molar-refractivity contribution in [2.45, 2.75) is 0 Å². The molecule has 0 spiro atoms. The van der Waals surface area contributed by atoms with Gasteiger partial charge in [0.15, 0.2) is 0 Å². The lowest BCUT2D eigenvalue weighted by Crippen LogP contribution is -2.22. The fraction of sp³-hybridized carbons (Fsp3) is 0.150. The van der Waals surface area contributed by atoms with Crippen molar-refractivity contribution >= 4 is 28.5 Å². The highest BCUT2D eigenvalue weighted by atomic mass is 16.5. The first-order chi connectivity index (χ1) is 11.8. The van der Waals surface area contributed by atoms with Gasteiger partial charge < -0.3 is 14.6 Å². The third-order valence-corrected chi connectivity index (χ3v) is 4.19. The van der Waals surface area contributed by atoms with E-state index in [9.17, 15) is 0 Å². The van der Waals surface area contributed by atoms with Gasteiger partial charge in [-0.05, 0) is 41.3 Å². The zero-order valence-corrected chi connectivity index (χ0v) is 13.6. The molecular weight excluding hydrogens is 298 g/mol. The maximum atomic E-state index is 5.24. The normalized spacial score (nSPS) is 14.5. The second-order valence-corrected chi connectivity index (χ2v) is 5.70. The molecule has 0 fully saturated rings. The van der Waals surface area contributed by atoms with Crippen LogP contribution in [0, 0.1) is 0 Å². The number of hydrogen-bond acceptors (Lipinski definition) is 3. The third kappa shape index (κ3) is 2.67. The molecule has 1 aliphatic rings. The van der Waals surface area contributed by atoms with Crippen molar-refractivity contribution in [3.8, 4) is 5.75 Å². The molecule has 2 heterocycles. The molecular formula is C20H19N3O. The number of aromatic nitrogens is 1. The summed E-state index contributed by atoms with van der Waals surface area (Å²) in [6.07, 6.45) is 4.26. The number of nitrogens with zero attached hydrogens (tertiary/aromatic N) is 2. The minimum absolute atomic E-state index is 0.814. The van der Waals surface area contributed by atoms with Gasteiger partial charge in [-0.3, -0.25) is 4.99 Å². The average Bonchev–Trinajstić information content (AvgIpc) is 3.30. The lowest BCUT2D eigenvalue weighted by molar-refractivity contribution is 0.415. The molecule has 0 saturated carbocycles. The van der Waals surface area contributed by atoms with E-state index in [4.69, 9.17) is 4.74 Å². The first-order valence-electron chi connectivity index (χ1n) is 8.06. The fourth-order valence-corrected chi connectivity index (χ4v) is 2.97. The number of nitrogens with one attached hydrogen (secondary N) is 1. The molecule has 0 saturated heterocycles. The van der Waals surface area contributed by atoms with E-state index in [2.05, 4.69) is 69.6 Å². The predicted octanol–water partition coefficient (Wildman–Crippen LogP) is 3.65. The van der Waals surface area contributed by atoms with E-state index in [-0.39, 0.29) is 0 Å². The van der Waals surface area contributed by atoms with Crippen LogP contribution in [0.25, 0.3) is 22.7 Å². The minimum atomic E-state index is 0.814. The SMILES string of the molecule is COc1ccc(/C=C(/C2=NCCN2)n2ccc3ccccc32)cc1. The molecule has 0 bridgehead atoms. The Kier molecular flexibility index (Phi) is 3.79. The Morgan fingerprint density at radius 2 is 1.96 bits per heavy atom. The van der Waals surface area contributed by atoms with E-state index < -0.39 is 0 Å².